The predicted octanol–water partition coefficient (Wildman–Crippen LogP) is 2.77. The molecule has 1 nitrogen and oxygen atoms in total. The Morgan fingerprint density at radius 3 is 3.00 bits per heavy atom. The highest BCUT2D eigenvalue weighted by Crippen LogP contribution is 2.25. The van der Waals surface area contributed by atoms with E-state index in [-0.39, 0.29) is 0 Å². The summed E-state index contributed by atoms with van der Waals surface area (Å²) in [5.74, 6) is 1.46. The number of hydrogen-bond acceptors (Lipinski definition) is 2. The van der Waals surface area contributed by atoms with Crippen LogP contribution >= 0.6 is 11.8 Å². The van der Waals surface area contributed by atoms with Crippen molar-refractivity contribution in [1.29, 1.82) is 0 Å². The van der Waals surface area contributed by atoms with Crippen LogP contribution in [0.2, 0.25) is 0 Å². The summed E-state index contributed by atoms with van der Waals surface area (Å²) in [5.41, 5.74) is 0. The topological polar surface area (TPSA) is 17.1 Å². The number of carbonyl (C=O) groups excluding carboxylic acids is 1. The molecule has 0 N–H and O–H groups in total. The summed E-state index contributed by atoms with van der Waals surface area (Å²) in [7, 11) is 0. The lowest BCUT2D eigenvalue weighted by molar-refractivity contribution is -0.114. The third kappa shape index (κ3) is 2.70. The highest BCUT2D eigenvalue weighted by molar-refractivity contribution is 8.04. The maximum Gasteiger partial charge on any atom is 0.169 e. The zero-order valence-electron chi connectivity index (χ0n) is 6.93. The molecular formula is C9H14OS. The van der Waals surface area contributed by atoms with Gasteiger partial charge in [0, 0.05) is 11.3 Å². The molecule has 0 saturated heterocycles. The Balaban J connectivity index is 2.20. The number of allylic oxidation sites excluding steroid dienone is 2. The minimum absolute atomic E-state index is 0.353. The van der Waals surface area contributed by atoms with E-state index in [4.69, 9.17) is 0 Å². The Morgan fingerprint density at radius 1 is 1.64 bits per heavy atom. The minimum atomic E-state index is 0.353. The summed E-state index contributed by atoms with van der Waals surface area (Å²) < 4.78 is 0. The zero-order chi connectivity index (χ0) is 8.10. The van der Waals surface area contributed by atoms with Crippen LogP contribution in [0.1, 0.15) is 32.6 Å². The lowest BCUT2D eigenvalue weighted by Crippen LogP contribution is -1.92. The summed E-state index contributed by atoms with van der Waals surface area (Å²) in [4.78, 5) is 12.1. The van der Waals surface area contributed by atoms with Crippen molar-refractivity contribution in [3.05, 3.63) is 11.0 Å². The van der Waals surface area contributed by atoms with Gasteiger partial charge in [-0.1, -0.05) is 19.4 Å². The average Bonchev–Trinajstić information content (AvgIpc) is 2.37. The number of rotatable bonds is 4. The van der Waals surface area contributed by atoms with Gasteiger partial charge in [-0.2, -0.15) is 0 Å². The first kappa shape index (κ1) is 8.85. The second-order valence-electron chi connectivity index (χ2n) is 2.73. The molecule has 1 aliphatic rings. The van der Waals surface area contributed by atoms with Gasteiger partial charge in [-0.05, 0) is 18.6 Å². The molecule has 2 heteroatoms. The van der Waals surface area contributed by atoms with Gasteiger partial charge in [0.05, 0.1) is 0 Å². The molecule has 0 radical (unpaired) electrons. The van der Waals surface area contributed by atoms with Crippen LogP contribution in [0.3, 0.4) is 0 Å². The average molecular weight is 170 g/mol. The molecule has 1 aliphatic carbocycles. The van der Waals surface area contributed by atoms with Crippen LogP contribution < -0.4 is 0 Å². The van der Waals surface area contributed by atoms with E-state index in [1.807, 2.05) is 0 Å². The van der Waals surface area contributed by atoms with Gasteiger partial charge in [-0.3, -0.25) is 4.79 Å². The Labute approximate surface area is 72.2 Å². The molecule has 11 heavy (non-hydrogen) atoms. The molecule has 0 heterocycles. The number of ketones is 1. The fourth-order valence-corrected chi connectivity index (χ4v) is 2.19. The lowest BCUT2D eigenvalue weighted by atomic mass is 10.3. The standard InChI is InChI=1S/C9H14OS/c1-2-3-7-11-9-6-4-5-8(9)10/h6H,2-5,7H2,1H3. The highest BCUT2D eigenvalue weighted by Gasteiger charge is 2.14. The van der Waals surface area contributed by atoms with Crippen LogP contribution in [0.5, 0.6) is 0 Å². The van der Waals surface area contributed by atoms with Gasteiger partial charge < -0.3 is 0 Å². The molecule has 0 aliphatic heterocycles. The van der Waals surface area contributed by atoms with E-state index in [2.05, 4.69) is 13.0 Å². The molecular weight excluding hydrogens is 156 g/mol. The van der Waals surface area contributed by atoms with Crippen molar-refractivity contribution in [2.45, 2.75) is 32.6 Å². The molecule has 0 aromatic heterocycles. The van der Waals surface area contributed by atoms with Gasteiger partial charge in [-0.25, -0.2) is 0 Å². The molecule has 0 aromatic rings. The van der Waals surface area contributed by atoms with E-state index in [1.54, 1.807) is 11.8 Å². The smallest absolute Gasteiger partial charge is 0.169 e. The van der Waals surface area contributed by atoms with Crippen LogP contribution in [0.15, 0.2) is 11.0 Å². The van der Waals surface area contributed by atoms with Gasteiger partial charge >= 0.3 is 0 Å². The molecule has 0 atom stereocenters. The van der Waals surface area contributed by atoms with Crippen LogP contribution in [-0.4, -0.2) is 11.5 Å². The second-order valence-corrected chi connectivity index (χ2v) is 3.87. The number of thioether (sulfide) groups is 1. The van der Waals surface area contributed by atoms with Crippen molar-refractivity contribution < 1.29 is 4.79 Å². The van der Waals surface area contributed by atoms with E-state index >= 15 is 0 Å². The minimum Gasteiger partial charge on any atom is -0.294 e. The second kappa shape index (κ2) is 4.60. The molecule has 0 aromatic carbocycles. The van der Waals surface area contributed by atoms with Gasteiger partial charge in [0.15, 0.2) is 5.78 Å². The fraction of sp³-hybridized carbons (Fsp3) is 0.667. The summed E-state index contributed by atoms with van der Waals surface area (Å²) in [6, 6.07) is 0. The molecule has 0 spiro atoms. The Morgan fingerprint density at radius 2 is 2.45 bits per heavy atom. The molecule has 62 valence electrons. The number of Topliss-reactive ketones (excluding diaryl/α,β-unsaturated/α-hetero) is 1. The maximum absolute atomic E-state index is 11.1. The summed E-state index contributed by atoms with van der Waals surface area (Å²) in [5, 5.41) is 0. The van der Waals surface area contributed by atoms with Gasteiger partial charge in [0.1, 0.15) is 0 Å². The van der Waals surface area contributed by atoms with Crippen molar-refractivity contribution in [3.63, 3.8) is 0 Å². The van der Waals surface area contributed by atoms with E-state index < -0.39 is 0 Å². The number of unbranched alkanes of at least 4 members (excludes halogenated alkanes) is 1. The van der Waals surface area contributed by atoms with Gasteiger partial charge in [-0.15, -0.1) is 11.8 Å². The third-order valence-electron chi connectivity index (χ3n) is 1.73. The van der Waals surface area contributed by atoms with Crippen LogP contribution in [0.4, 0.5) is 0 Å². The van der Waals surface area contributed by atoms with Crippen LogP contribution in [0.25, 0.3) is 0 Å². The van der Waals surface area contributed by atoms with Crippen molar-refractivity contribution in [1.82, 2.24) is 0 Å². The molecule has 0 fully saturated rings. The quantitative estimate of drug-likeness (QED) is 0.603. The van der Waals surface area contributed by atoms with Crippen molar-refractivity contribution in [2.24, 2.45) is 0 Å². The zero-order valence-corrected chi connectivity index (χ0v) is 7.75. The Kier molecular flexibility index (Phi) is 3.70. The number of carbonyl (C=O) groups is 1. The van der Waals surface area contributed by atoms with Crippen LogP contribution in [0, 0.1) is 0 Å². The molecule has 0 amide bonds. The van der Waals surface area contributed by atoms with E-state index in [0.29, 0.717) is 5.78 Å². The first-order chi connectivity index (χ1) is 5.34. The Bertz CT molecular complexity index is 172. The fourth-order valence-electron chi connectivity index (χ4n) is 1.04. The number of hydrogen-bond donors (Lipinski definition) is 0. The first-order valence-electron chi connectivity index (χ1n) is 4.20. The normalized spacial score (nSPS) is 17.2. The monoisotopic (exact) mass is 170 g/mol. The molecule has 1 rings (SSSR count). The predicted molar refractivity (Wildman–Crippen MR) is 49.7 cm³/mol. The van der Waals surface area contributed by atoms with E-state index in [0.717, 1.165) is 23.5 Å². The summed E-state index contributed by atoms with van der Waals surface area (Å²) in [6.07, 6.45) is 6.22. The first-order valence-corrected chi connectivity index (χ1v) is 5.19. The van der Waals surface area contributed by atoms with Crippen molar-refractivity contribution >= 4 is 17.5 Å². The lowest BCUT2D eigenvalue weighted by Gasteiger charge is -1.97. The highest BCUT2D eigenvalue weighted by atomic mass is 32.2. The summed E-state index contributed by atoms with van der Waals surface area (Å²) >= 11 is 1.73. The third-order valence-corrected chi connectivity index (χ3v) is 2.93. The van der Waals surface area contributed by atoms with Gasteiger partial charge in [0.2, 0.25) is 0 Å². The van der Waals surface area contributed by atoms with Crippen LogP contribution in [-0.2, 0) is 4.79 Å². The molecule has 0 unspecified atom stereocenters. The Hall–Kier alpha value is -0.240. The largest absolute Gasteiger partial charge is 0.294 e. The molecule has 0 saturated carbocycles. The van der Waals surface area contributed by atoms with Crippen molar-refractivity contribution in [2.75, 3.05) is 5.75 Å². The molecule has 0 bridgehead atoms. The van der Waals surface area contributed by atoms with Crippen molar-refractivity contribution in [3.8, 4) is 0 Å². The van der Waals surface area contributed by atoms with E-state index in [1.165, 1.54) is 12.8 Å². The SMILES string of the molecule is CCCCSC1=CCCC1=O. The van der Waals surface area contributed by atoms with E-state index in [9.17, 15) is 4.79 Å². The maximum atomic E-state index is 11.1. The summed E-state index contributed by atoms with van der Waals surface area (Å²) in [6.45, 7) is 2.17. The van der Waals surface area contributed by atoms with Gasteiger partial charge in [0.25, 0.3) is 0 Å².